The minimum atomic E-state index is 0.639. The number of nitrogens with two attached hydrogens (primary N) is 2. The van der Waals surface area contributed by atoms with Crippen LogP contribution >= 0.6 is 0 Å². The van der Waals surface area contributed by atoms with Crippen LogP contribution in [0.15, 0.2) is 0 Å². The Balaban J connectivity index is 0. The molecule has 0 radical (unpaired) electrons. The van der Waals surface area contributed by atoms with Gasteiger partial charge in [-0.25, -0.2) is 0 Å². The zero-order valence-corrected chi connectivity index (χ0v) is 9.63. The third-order valence-electron chi connectivity index (χ3n) is 1.65. The van der Waals surface area contributed by atoms with E-state index in [4.69, 9.17) is 9.47 Å². The van der Waals surface area contributed by atoms with Crippen molar-refractivity contribution >= 4 is 31.9 Å². The van der Waals surface area contributed by atoms with Gasteiger partial charge >= 0.3 is 16.0 Å². The van der Waals surface area contributed by atoms with E-state index in [1.54, 1.807) is 0 Å². The number of quaternary nitrogens is 2. The molecule has 0 amide bonds. The molecule has 0 aliphatic carbocycles. The van der Waals surface area contributed by atoms with E-state index in [1.807, 2.05) is 0 Å². The highest BCUT2D eigenvalue weighted by Crippen LogP contribution is 1.98. The minimum absolute atomic E-state index is 0.639. The van der Waals surface area contributed by atoms with Gasteiger partial charge in [0.2, 0.25) is 0 Å². The summed E-state index contributed by atoms with van der Waals surface area (Å²) in [7, 11) is 5.50. The van der Waals surface area contributed by atoms with E-state index in [-0.39, 0.29) is 0 Å². The molecule has 0 saturated carbocycles. The molecule has 0 spiro atoms. The highest BCUT2D eigenvalue weighted by atomic mass is 16.5. The molecule has 16 heavy (non-hydrogen) atoms. The van der Waals surface area contributed by atoms with Gasteiger partial charge in [-0.2, -0.15) is 0 Å². The van der Waals surface area contributed by atoms with Gasteiger partial charge in [0.05, 0.1) is 0 Å². The molecule has 2 fully saturated rings. The first-order valence-corrected chi connectivity index (χ1v) is 5.31. The van der Waals surface area contributed by atoms with Crippen molar-refractivity contribution in [3.05, 3.63) is 0 Å². The van der Waals surface area contributed by atoms with E-state index in [0.29, 0.717) is 16.0 Å². The van der Waals surface area contributed by atoms with E-state index in [0.717, 1.165) is 26.4 Å². The Morgan fingerprint density at radius 2 is 0.875 bits per heavy atom. The summed E-state index contributed by atoms with van der Waals surface area (Å²) in [6.07, 6.45) is 5.11. The van der Waals surface area contributed by atoms with Crippen molar-refractivity contribution in [2.45, 2.75) is 25.7 Å². The highest BCUT2D eigenvalue weighted by molar-refractivity contribution is 6.09. The average molecular weight is 230 g/mol. The zero-order valence-electron chi connectivity index (χ0n) is 9.63. The van der Waals surface area contributed by atoms with Crippen molar-refractivity contribution in [1.29, 1.82) is 0 Å². The molecule has 0 bridgehead atoms. The van der Waals surface area contributed by atoms with Gasteiger partial charge in [0, 0.05) is 26.4 Å². The fourth-order valence-electron chi connectivity index (χ4n) is 1.02. The molecular weight excluding hydrogens is 199 g/mol. The largest absolute Gasteiger partial charge is 0.626 e. The molecule has 0 atom stereocenters. The summed E-state index contributed by atoms with van der Waals surface area (Å²) in [4.78, 5) is 0. The molecule has 0 aromatic rings. The summed E-state index contributed by atoms with van der Waals surface area (Å²) >= 11 is 0. The minimum Gasteiger partial charge on any atom is -0.626 e. The van der Waals surface area contributed by atoms with Crippen LogP contribution in [0.3, 0.4) is 0 Å². The lowest BCUT2D eigenvalue weighted by Crippen LogP contribution is -2.78. The van der Waals surface area contributed by atoms with Crippen LogP contribution in [-0.4, -0.2) is 58.4 Å². The maximum atomic E-state index is 4.94. The van der Waals surface area contributed by atoms with E-state index in [9.17, 15) is 0 Å². The second kappa shape index (κ2) is 20.5. The van der Waals surface area contributed by atoms with Crippen LogP contribution < -0.4 is 10.3 Å². The Kier molecular flexibility index (Phi) is 23.7. The summed E-state index contributed by atoms with van der Waals surface area (Å²) in [6, 6.07) is 0. The van der Waals surface area contributed by atoms with Gasteiger partial charge in [0.25, 0.3) is 0 Å². The normalized spacial score (nSPS) is 17.1. The number of ether oxygens (including phenoxy) is 2. The maximum Gasteiger partial charge on any atom is 0.323 e. The van der Waals surface area contributed by atoms with Gasteiger partial charge in [0.1, 0.15) is 16.0 Å². The van der Waals surface area contributed by atoms with Crippen molar-refractivity contribution in [2.24, 2.45) is 0 Å². The third kappa shape index (κ3) is 23.7. The lowest BCUT2D eigenvalue weighted by molar-refractivity contribution is -0.329. The molecule has 0 aromatic heterocycles. The fraction of sp³-hybridized carbons (Fsp3) is 1.00. The second-order valence-electron chi connectivity index (χ2n) is 2.64. The first-order valence-electron chi connectivity index (χ1n) is 5.31. The topological polar surface area (TPSA) is 51.7 Å². The first-order chi connectivity index (χ1) is 7.83. The van der Waals surface area contributed by atoms with Gasteiger partial charge in [-0.1, -0.05) is 0 Å². The predicted octanol–water partition coefficient (Wildman–Crippen LogP) is -5.65. The molecule has 0 unspecified atom stereocenters. The van der Waals surface area contributed by atoms with Crippen molar-refractivity contribution in [2.75, 3.05) is 26.4 Å². The molecule has 4 nitrogen and oxygen atoms in total. The summed E-state index contributed by atoms with van der Waals surface area (Å²) < 4.78 is 9.89. The molecule has 2 heterocycles. The van der Waals surface area contributed by atoms with Crippen LogP contribution in [0.25, 0.3) is 0 Å². The van der Waals surface area contributed by atoms with E-state index in [2.05, 4.69) is 26.2 Å². The Bertz CT molecular complexity index is 78.8. The van der Waals surface area contributed by atoms with Crippen molar-refractivity contribution in [1.82, 2.24) is 0 Å². The van der Waals surface area contributed by atoms with Crippen LogP contribution in [0.1, 0.15) is 25.7 Å². The standard InChI is InChI=1S/2C4H8O.2B2H7N/c2*1-2-4-5-3-1;2*1-3-2/h2*1-4H2;2*1,3H2,2H3. The highest BCUT2D eigenvalue weighted by Gasteiger charge is 1.95. The van der Waals surface area contributed by atoms with Crippen LogP contribution in [0.4, 0.5) is 0 Å². The number of hydrogen-bond acceptors (Lipinski definition) is 2. The Hall–Kier alpha value is 0.0997. The molecule has 4 N–H and O–H groups in total. The molecule has 2 aliphatic rings. The molecule has 2 saturated heterocycles. The molecule has 96 valence electrons. The van der Waals surface area contributed by atoms with E-state index >= 15 is 0 Å². The Morgan fingerprint density at radius 1 is 0.688 bits per heavy atom. The van der Waals surface area contributed by atoms with Crippen LogP contribution in [-0.2, 0) is 9.47 Å². The lowest BCUT2D eigenvalue weighted by atomic mass is 10.3. The first kappa shape index (κ1) is 18.5. The van der Waals surface area contributed by atoms with Crippen LogP contribution in [0.5, 0.6) is 0 Å². The number of hydrogen-bond donors (Lipinski definition) is 2. The zero-order chi connectivity index (χ0) is 12.5. The van der Waals surface area contributed by atoms with Crippen LogP contribution in [0.2, 0.25) is 0 Å². The van der Waals surface area contributed by atoms with Gasteiger partial charge in [-0.15, -0.1) is 0 Å². The predicted molar refractivity (Wildman–Crippen MR) is 80.9 cm³/mol. The Labute approximate surface area is 104 Å². The molecular formula is C8H30B4N2O2. The van der Waals surface area contributed by atoms with Crippen molar-refractivity contribution in [3.8, 4) is 0 Å². The molecule has 8 heteroatoms. The van der Waals surface area contributed by atoms with Gasteiger partial charge in [-0.05, 0) is 25.7 Å². The van der Waals surface area contributed by atoms with E-state index < -0.39 is 0 Å². The third-order valence-corrected chi connectivity index (χ3v) is 1.65. The molecule has 0 aromatic carbocycles. The summed E-state index contributed by atoms with van der Waals surface area (Å²) in [5.74, 6) is 0. The monoisotopic (exact) mass is 230 g/mol. The van der Waals surface area contributed by atoms with E-state index in [1.165, 1.54) is 25.7 Å². The quantitative estimate of drug-likeness (QED) is 0.407. The lowest BCUT2D eigenvalue weighted by Gasteiger charge is -1.76. The smallest absolute Gasteiger partial charge is 0.323 e. The second-order valence-corrected chi connectivity index (χ2v) is 2.64. The summed E-state index contributed by atoms with van der Waals surface area (Å²) in [6.45, 7) is 4.00. The van der Waals surface area contributed by atoms with Gasteiger partial charge < -0.3 is 19.8 Å². The SMILES string of the molecule is B[NH2+][BH3-].B[NH2+][BH3-].C1CCOC1.C1CCOC1. The Morgan fingerprint density at radius 3 is 0.938 bits per heavy atom. The molecule has 2 rings (SSSR count). The van der Waals surface area contributed by atoms with Gasteiger partial charge in [-0.3, -0.25) is 0 Å². The fourth-order valence-corrected chi connectivity index (χ4v) is 1.02. The van der Waals surface area contributed by atoms with Gasteiger partial charge in [0.15, 0.2) is 0 Å². The maximum absolute atomic E-state index is 4.94. The summed E-state index contributed by atoms with van der Waals surface area (Å²) in [5.41, 5.74) is 0. The number of rotatable bonds is 0. The molecule has 2 aliphatic heterocycles. The summed E-state index contributed by atoms with van der Waals surface area (Å²) in [5, 5.41) is 4.50. The average Bonchev–Trinajstić information content (AvgIpc) is 3.00. The van der Waals surface area contributed by atoms with Crippen molar-refractivity contribution < 1.29 is 19.8 Å². The van der Waals surface area contributed by atoms with Crippen molar-refractivity contribution in [3.63, 3.8) is 0 Å². The van der Waals surface area contributed by atoms with Crippen LogP contribution in [0, 0.1) is 0 Å².